The highest BCUT2D eigenvalue weighted by Gasteiger charge is 2.16. The molecule has 0 aliphatic heterocycles. The van der Waals surface area contributed by atoms with Crippen LogP contribution in [0.1, 0.15) is 26.3 Å². The van der Waals surface area contributed by atoms with Crippen LogP contribution in [-0.2, 0) is 16.1 Å². The van der Waals surface area contributed by atoms with Crippen LogP contribution in [0.2, 0.25) is 0 Å². The Morgan fingerprint density at radius 1 is 1.00 bits per heavy atom. The average molecular weight is 356 g/mol. The summed E-state index contributed by atoms with van der Waals surface area (Å²) in [7, 11) is 0. The Hall–Kier alpha value is -3.02. The second-order valence-corrected chi connectivity index (χ2v) is 6.71. The lowest BCUT2D eigenvalue weighted by Gasteiger charge is -2.19. The first-order valence-electron chi connectivity index (χ1n) is 8.35. The third kappa shape index (κ3) is 7.25. The topological polar surface area (TPSA) is 76.7 Å². The molecule has 0 aromatic heterocycles. The van der Waals surface area contributed by atoms with Crippen LogP contribution in [0.4, 0.5) is 10.5 Å². The summed E-state index contributed by atoms with van der Waals surface area (Å²) in [6, 6.07) is 16.9. The second kappa shape index (κ2) is 8.89. The van der Waals surface area contributed by atoms with Crippen molar-refractivity contribution in [3.63, 3.8) is 0 Å². The molecule has 0 heterocycles. The van der Waals surface area contributed by atoms with Crippen LogP contribution in [0, 0.1) is 0 Å². The number of carbonyl (C=O) groups excluding carboxylic acids is 2. The van der Waals surface area contributed by atoms with Crippen LogP contribution in [0.5, 0.6) is 5.75 Å². The predicted octanol–water partition coefficient (Wildman–Crippen LogP) is 3.73. The minimum absolute atomic E-state index is 0.177. The standard InChI is InChI=1S/C20H24N2O4/c1-20(2,3)26-19(24)21-13-18(23)22-16-10-7-11-17(12-16)25-14-15-8-5-4-6-9-15/h4-12H,13-14H2,1-3H3,(H,21,24)(H,22,23). The molecule has 2 aromatic rings. The molecule has 2 aromatic carbocycles. The highest BCUT2D eigenvalue weighted by Crippen LogP contribution is 2.18. The Morgan fingerprint density at radius 2 is 1.73 bits per heavy atom. The van der Waals surface area contributed by atoms with Gasteiger partial charge in [0.15, 0.2) is 0 Å². The predicted molar refractivity (Wildman–Crippen MR) is 100 cm³/mol. The summed E-state index contributed by atoms with van der Waals surface area (Å²) in [5, 5.41) is 5.13. The number of amides is 2. The number of carbonyl (C=O) groups is 2. The minimum Gasteiger partial charge on any atom is -0.489 e. The van der Waals surface area contributed by atoms with E-state index in [9.17, 15) is 9.59 Å². The van der Waals surface area contributed by atoms with Crippen molar-refractivity contribution in [3.05, 3.63) is 60.2 Å². The summed E-state index contributed by atoms with van der Waals surface area (Å²) in [5.41, 5.74) is 1.04. The zero-order valence-corrected chi connectivity index (χ0v) is 15.2. The van der Waals surface area contributed by atoms with Crippen molar-refractivity contribution in [1.29, 1.82) is 0 Å². The summed E-state index contributed by atoms with van der Waals surface area (Å²) in [6.45, 7) is 5.54. The maximum absolute atomic E-state index is 12.0. The van der Waals surface area contributed by atoms with E-state index in [0.717, 1.165) is 5.56 Å². The molecule has 0 atom stereocenters. The largest absolute Gasteiger partial charge is 0.489 e. The molecule has 2 N–H and O–H groups in total. The summed E-state index contributed by atoms with van der Waals surface area (Å²) in [5.74, 6) is 0.294. The van der Waals surface area contributed by atoms with E-state index in [1.165, 1.54) is 0 Å². The fourth-order valence-corrected chi connectivity index (χ4v) is 2.08. The zero-order chi connectivity index (χ0) is 19.0. The van der Waals surface area contributed by atoms with E-state index in [0.29, 0.717) is 18.0 Å². The van der Waals surface area contributed by atoms with E-state index in [1.54, 1.807) is 39.0 Å². The summed E-state index contributed by atoms with van der Waals surface area (Å²) in [4.78, 5) is 23.5. The lowest BCUT2D eigenvalue weighted by molar-refractivity contribution is -0.115. The quantitative estimate of drug-likeness (QED) is 0.827. The van der Waals surface area contributed by atoms with Gasteiger partial charge < -0.3 is 20.1 Å². The van der Waals surface area contributed by atoms with Gasteiger partial charge in [0.2, 0.25) is 5.91 Å². The van der Waals surface area contributed by atoms with Gasteiger partial charge in [0.1, 0.15) is 24.5 Å². The van der Waals surface area contributed by atoms with Crippen LogP contribution in [0.25, 0.3) is 0 Å². The first kappa shape index (κ1) is 19.3. The molecule has 0 bridgehead atoms. The number of hydrogen-bond donors (Lipinski definition) is 2. The van der Waals surface area contributed by atoms with Gasteiger partial charge in [-0.15, -0.1) is 0 Å². The Morgan fingerprint density at radius 3 is 2.42 bits per heavy atom. The summed E-state index contributed by atoms with van der Waals surface area (Å²) >= 11 is 0. The Balaban J connectivity index is 1.82. The number of nitrogens with one attached hydrogen (secondary N) is 2. The zero-order valence-electron chi connectivity index (χ0n) is 15.2. The molecule has 2 amide bonds. The molecule has 0 saturated heterocycles. The molecule has 0 fully saturated rings. The molecule has 0 aliphatic carbocycles. The number of anilines is 1. The molecule has 0 saturated carbocycles. The van der Waals surface area contributed by atoms with Gasteiger partial charge in [-0.3, -0.25) is 4.79 Å². The fourth-order valence-electron chi connectivity index (χ4n) is 2.08. The monoisotopic (exact) mass is 356 g/mol. The van der Waals surface area contributed by atoms with Gasteiger partial charge in [-0.05, 0) is 38.5 Å². The number of alkyl carbamates (subject to hydrolysis) is 1. The van der Waals surface area contributed by atoms with Crippen molar-refractivity contribution in [3.8, 4) is 5.75 Å². The van der Waals surface area contributed by atoms with Crippen molar-refractivity contribution in [2.75, 3.05) is 11.9 Å². The van der Waals surface area contributed by atoms with E-state index in [4.69, 9.17) is 9.47 Å². The second-order valence-electron chi connectivity index (χ2n) is 6.71. The molecule has 0 aliphatic rings. The Kier molecular flexibility index (Phi) is 6.60. The molecule has 0 spiro atoms. The lowest BCUT2D eigenvalue weighted by atomic mass is 10.2. The third-order valence-corrected chi connectivity index (χ3v) is 3.16. The maximum Gasteiger partial charge on any atom is 0.408 e. The van der Waals surface area contributed by atoms with E-state index >= 15 is 0 Å². The number of benzene rings is 2. The van der Waals surface area contributed by atoms with Crippen molar-refractivity contribution in [1.82, 2.24) is 5.32 Å². The van der Waals surface area contributed by atoms with E-state index in [1.807, 2.05) is 36.4 Å². The summed E-state index contributed by atoms with van der Waals surface area (Å²) in [6.07, 6.45) is -0.632. The van der Waals surface area contributed by atoms with Crippen LogP contribution in [-0.4, -0.2) is 24.1 Å². The molecule has 6 heteroatoms. The normalized spacial score (nSPS) is 10.7. The number of ether oxygens (including phenoxy) is 2. The van der Waals surface area contributed by atoms with Crippen molar-refractivity contribution in [2.45, 2.75) is 33.0 Å². The molecule has 0 radical (unpaired) electrons. The third-order valence-electron chi connectivity index (χ3n) is 3.16. The smallest absolute Gasteiger partial charge is 0.408 e. The molecule has 2 rings (SSSR count). The molecule has 26 heavy (non-hydrogen) atoms. The highest BCUT2D eigenvalue weighted by atomic mass is 16.6. The van der Waals surface area contributed by atoms with E-state index < -0.39 is 11.7 Å². The van der Waals surface area contributed by atoms with Gasteiger partial charge in [0, 0.05) is 11.8 Å². The summed E-state index contributed by atoms with van der Waals surface area (Å²) < 4.78 is 10.8. The van der Waals surface area contributed by atoms with Crippen molar-refractivity contribution in [2.24, 2.45) is 0 Å². The highest BCUT2D eigenvalue weighted by molar-refractivity contribution is 5.94. The SMILES string of the molecule is CC(C)(C)OC(=O)NCC(=O)Nc1cccc(OCc2ccccc2)c1. The molecule has 6 nitrogen and oxygen atoms in total. The van der Waals surface area contributed by atoms with E-state index in [-0.39, 0.29) is 12.5 Å². The van der Waals surface area contributed by atoms with Crippen LogP contribution in [0.3, 0.4) is 0 Å². The van der Waals surface area contributed by atoms with Crippen LogP contribution < -0.4 is 15.4 Å². The minimum atomic E-state index is -0.632. The fraction of sp³-hybridized carbons (Fsp3) is 0.300. The van der Waals surface area contributed by atoms with Gasteiger partial charge in [0.05, 0.1) is 0 Å². The molecule has 138 valence electrons. The van der Waals surface area contributed by atoms with Gasteiger partial charge in [-0.1, -0.05) is 36.4 Å². The first-order valence-corrected chi connectivity index (χ1v) is 8.35. The van der Waals surface area contributed by atoms with E-state index in [2.05, 4.69) is 10.6 Å². The molecular formula is C20H24N2O4. The number of hydrogen-bond acceptors (Lipinski definition) is 4. The van der Waals surface area contributed by atoms with Crippen molar-refractivity contribution < 1.29 is 19.1 Å². The average Bonchev–Trinajstić information content (AvgIpc) is 2.58. The Labute approximate surface area is 153 Å². The lowest BCUT2D eigenvalue weighted by Crippen LogP contribution is -2.37. The maximum atomic E-state index is 12.0. The Bertz CT molecular complexity index is 739. The molecular weight excluding hydrogens is 332 g/mol. The first-order chi connectivity index (χ1) is 12.3. The van der Waals surface area contributed by atoms with Crippen molar-refractivity contribution >= 4 is 17.7 Å². The number of rotatable bonds is 6. The van der Waals surface area contributed by atoms with Gasteiger partial charge in [-0.25, -0.2) is 4.79 Å². The van der Waals surface area contributed by atoms with Gasteiger partial charge in [0.25, 0.3) is 0 Å². The van der Waals surface area contributed by atoms with Gasteiger partial charge in [-0.2, -0.15) is 0 Å². The van der Waals surface area contributed by atoms with Crippen LogP contribution >= 0.6 is 0 Å². The van der Waals surface area contributed by atoms with Crippen LogP contribution in [0.15, 0.2) is 54.6 Å². The molecule has 0 unspecified atom stereocenters. The van der Waals surface area contributed by atoms with Gasteiger partial charge >= 0.3 is 6.09 Å².